The number of halogens is 3. The number of alkyl halides is 3. The maximum atomic E-state index is 12.7. The van der Waals surface area contributed by atoms with E-state index >= 15 is 0 Å². The van der Waals surface area contributed by atoms with E-state index in [1.807, 2.05) is 0 Å². The number of methoxy groups -OCH3 is 1. The zero-order chi connectivity index (χ0) is 19.3. The molecule has 0 fully saturated rings. The molecule has 0 bridgehead atoms. The summed E-state index contributed by atoms with van der Waals surface area (Å²) in [6, 6.07) is 8.60. The van der Waals surface area contributed by atoms with Crippen LogP contribution in [0.3, 0.4) is 0 Å². The van der Waals surface area contributed by atoms with E-state index in [0.29, 0.717) is 22.6 Å². The predicted octanol–water partition coefficient (Wildman–Crippen LogP) is 3.25. The van der Waals surface area contributed by atoms with Crippen LogP contribution in [0.4, 0.5) is 13.2 Å². The van der Waals surface area contributed by atoms with E-state index in [2.05, 4.69) is 0 Å². The van der Waals surface area contributed by atoms with Gasteiger partial charge in [0.25, 0.3) is 0 Å². The summed E-state index contributed by atoms with van der Waals surface area (Å²) in [6.07, 6.45) is -4.31. The maximum Gasteiger partial charge on any atom is 0.416 e. The van der Waals surface area contributed by atoms with Gasteiger partial charge in [0.15, 0.2) is 11.5 Å². The summed E-state index contributed by atoms with van der Waals surface area (Å²) in [5, 5.41) is 8.85. The molecule has 1 atom stereocenters. The van der Waals surface area contributed by atoms with Crippen LogP contribution in [0.1, 0.15) is 16.7 Å². The molecule has 140 valence electrons. The number of nitrogens with two attached hydrogens (primary N) is 1. The van der Waals surface area contributed by atoms with Crippen LogP contribution in [0, 0.1) is 0 Å². The Labute approximate surface area is 148 Å². The highest BCUT2D eigenvalue weighted by Gasteiger charge is 2.30. The van der Waals surface area contributed by atoms with Crippen LogP contribution in [0.15, 0.2) is 42.5 Å². The zero-order valence-corrected chi connectivity index (χ0v) is 13.9. The van der Waals surface area contributed by atoms with Crippen molar-refractivity contribution in [3.05, 3.63) is 59.2 Å². The van der Waals surface area contributed by atoms with Gasteiger partial charge in [-0.3, -0.25) is 4.79 Å². The number of ether oxygens (including phenoxy) is 2. The van der Waals surface area contributed by atoms with Crippen molar-refractivity contribution in [3.8, 4) is 11.5 Å². The van der Waals surface area contributed by atoms with Crippen molar-refractivity contribution in [2.45, 2.75) is 25.2 Å². The van der Waals surface area contributed by atoms with E-state index in [4.69, 9.17) is 20.3 Å². The lowest BCUT2D eigenvalue weighted by Gasteiger charge is -2.14. The number of carboxylic acids is 1. The van der Waals surface area contributed by atoms with Crippen LogP contribution in [-0.4, -0.2) is 24.2 Å². The van der Waals surface area contributed by atoms with E-state index in [0.717, 1.165) is 12.1 Å². The van der Waals surface area contributed by atoms with E-state index in [-0.39, 0.29) is 13.0 Å². The monoisotopic (exact) mass is 369 g/mol. The fraction of sp³-hybridized carbons (Fsp3) is 0.278. The molecule has 2 aromatic carbocycles. The molecule has 2 rings (SSSR count). The molecule has 0 saturated carbocycles. The molecule has 2 aromatic rings. The van der Waals surface area contributed by atoms with Gasteiger partial charge < -0.3 is 20.3 Å². The fourth-order valence-corrected chi connectivity index (χ4v) is 2.30. The highest BCUT2D eigenvalue weighted by atomic mass is 19.4. The minimum atomic E-state index is -4.42. The Morgan fingerprint density at radius 1 is 1.15 bits per heavy atom. The molecule has 0 spiro atoms. The summed E-state index contributed by atoms with van der Waals surface area (Å²) < 4.78 is 49.0. The SMILES string of the molecule is COc1cc(CC(N)C(=O)O)ccc1OCc1cccc(C(F)(F)F)c1. The minimum absolute atomic E-state index is 0.0751. The number of carbonyl (C=O) groups is 1. The van der Waals surface area contributed by atoms with Crippen molar-refractivity contribution >= 4 is 5.97 Å². The summed E-state index contributed by atoms with van der Waals surface area (Å²) in [5.74, 6) is -0.446. The summed E-state index contributed by atoms with van der Waals surface area (Å²) >= 11 is 0. The largest absolute Gasteiger partial charge is 0.493 e. The Morgan fingerprint density at radius 2 is 1.88 bits per heavy atom. The van der Waals surface area contributed by atoms with E-state index in [1.54, 1.807) is 18.2 Å². The molecular formula is C18H18F3NO4. The van der Waals surface area contributed by atoms with E-state index in [9.17, 15) is 18.0 Å². The highest BCUT2D eigenvalue weighted by Crippen LogP contribution is 2.31. The second-order valence-electron chi connectivity index (χ2n) is 5.62. The van der Waals surface area contributed by atoms with E-state index in [1.165, 1.54) is 19.2 Å². The van der Waals surface area contributed by atoms with Crippen LogP contribution >= 0.6 is 0 Å². The predicted molar refractivity (Wildman–Crippen MR) is 88.1 cm³/mol. The fourth-order valence-electron chi connectivity index (χ4n) is 2.30. The van der Waals surface area contributed by atoms with Crippen LogP contribution in [-0.2, 0) is 24.0 Å². The average molecular weight is 369 g/mol. The third-order valence-electron chi connectivity index (χ3n) is 3.65. The first-order valence-corrected chi connectivity index (χ1v) is 7.65. The molecule has 26 heavy (non-hydrogen) atoms. The Balaban J connectivity index is 2.11. The van der Waals surface area contributed by atoms with Crippen LogP contribution in [0.25, 0.3) is 0 Å². The quantitative estimate of drug-likeness (QED) is 0.783. The topological polar surface area (TPSA) is 81.8 Å². The lowest BCUT2D eigenvalue weighted by molar-refractivity contribution is -0.139. The molecular weight excluding hydrogens is 351 g/mol. The molecule has 1 unspecified atom stereocenters. The molecule has 0 radical (unpaired) electrons. The summed E-state index contributed by atoms with van der Waals surface area (Å²) in [4.78, 5) is 10.8. The lowest BCUT2D eigenvalue weighted by Crippen LogP contribution is -2.32. The first-order valence-electron chi connectivity index (χ1n) is 7.65. The molecule has 5 nitrogen and oxygen atoms in total. The van der Waals surface area contributed by atoms with Crippen molar-refractivity contribution in [1.82, 2.24) is 0 Å². The zero-order valence-electron chi connectivity index (χ0n) is 13.9. The van der Waals surface area contributed by atoms with Gasteiger partial charge in [-0.1, -0.05) is 18.2 Å². The molecule has 0 amide bonds. The van der Waals surface area contributed by atoms with Gasteiger partial charge in [0.2, 0.25) is 0 Å². The van der Waals surface area contributed by atoms with Gasteiger partial charge in [0.1, 0.15) is 12.6 Å². The minimum Gasteiger partial charge on any atom is -0.493 e. The van der Waals surface area contributed by atoms with Crippen LogP contribution in [0.5, 0.6) is 11.5 Å². The maximum absolute atomic E-state index is 12.7. The van der Waals surface area contributed by atoms with Crippen molar-refractivity contribution in [3.63, 3.8) is 0 Å². The van der Waals surface area contributed by atoms with Gasteiger partial charge in [0, 0.05) is 0 Å². The number of benzene rings is 2. The lowest BCUT2D eigenvalue weighted by atomic mass is 10.1. The number of carboxylic acid groups (broad SMARTS) is 1. The second kappa shape index (κ2) is 8.09. The van der Waals surface area contributed by atoms with Gasteiger partial charge in [0.05, 0.1) is 12.7 Å². The van der Waals surface area contributed by atoms with Crippen molar-refractivity contribution in [2.24, 2.45) is 5.73 Å². The Bertz CT molecular complexity index is 777. The Morgan fingerprint density at radius 3 is 2.50 bits per heavy atom. The molecule has 8 heteroatoms. The summed E-state index contributed by atoms with van der Waals surface area (Å²) in [5.41, 5.74) is 5.75. The molecule has 0 aliphatic carbocycles. The molecule has 0 aromatic heterocycles. The van der Waals surface area contributed by atoms with Crippen molar-refractivity contribution in [2.75, 3.05) is 7.11 Å². The molecule has 0 saturated heterocycles. The van der Waals surface area contributed by atoms with Crippen LogP contribution in [0.2, 0.25) is 0 Å². The highest BCUT2D eigenvalue weighted by molar-refractivity contribution is 5.73. The van der Waals surface area contributed by atoms with Crippen LogP contribution < -0.4 is 15.2 Å². The van der Waals surface area contributed by atoms with E-state index < -0.39 is 23.8 Å². The first kappa shape index (κ1) is 19.6. The van der Waals surface area contributed by atoms with Crippen molar-refractivity contribution in [1.29, 1.82) is 0 Å². The van der Waals surface area contributed by atoms with Gasteiger partial charge in [-0.25, -0.2) is 0 Å². The molecule has 0 heterocycles. The van der Waals surface area contributed by atoms with Gasteiger partial charge in [-0.05, 0) is 41.8 Å². The van der Waals surface area contributed by atoms with Gasteiger partial charge in [-0.15, -0.1) is 0 Å². The van der Waals surface area contributed by atoms with Gasteiger partial charge >= 0.3 is 12.1 Å². The molecule has 0 aliphatic rings. The summed E-state index contributed by atoms with van der Waals surface area (Å²) in [7, 11) is 1.41. The number of hydrogen-bond acceptors (Lipinski definition) is 4. The Kier molecular flexibility index (Phi) is 6.10. The number of aliphatic carboxylic acids is 1. The van der Waals surface area contributed by atoms with Gasteiger partial charge in [-0.2, -0.15) is 13.2 Å². The smallest absolute Gasteiger partial charge is 0.416 e. The third-order valence-corrected chi connectivity index (χ3v) is 3.65. The summed E-state index contributed by atoms with van der Waals surface area (Å²) in [6.45, 7) is -0.0751. The third kappa shape index (κ3) is 5.13. The van der Waals surface area contributed by atoms with Crippen molar-refractivity contribution < 1.29 is 32.5 Å². The normalized spacial score (nSPS) is 12.5. The molecule has 0 aliphatic heterocycles. The first-order chi connectivity index (χ1) is 12.2. The molecule has 3 N–H and O–H groups in total. The average Bonchev–Trinajstić information content (AvgIpc) is 2.59. The standard InChI is InChI=1S/C18H18F3NO4/c1-25-16-9-11(8-14(22)17(23)24)5-6-15(16)26-10-12-3-2-4-13(7-12)18(19,20)21/h2-7,9,14H,8,10,22H2,1H3,(H,23,24). The number of hydrogen-bond donors (Lipinski definition) is 2. The number of rotatable bonds is 7. The second-order valence-corrected chi connectivity index (χ2v) is 5.62. The Hall–Kier alpha value is -2.74.